The molecule has 0 radical (unpaired) electrons. The number of fused-ring (bicyclic) bond motifs is 1. The van der Waals surface area contributed by atoms with E-state index < -0.39 is 11.4 Å². The molecule has 2 aromatic carbocycles. The summed E-state index contributed by atoms with van der Waals surface area (Å²) in [6.45, 7) is 2.03. The zero-order valence-corrected chi connectivity index (χ0v) is 17.7. The quantitative estimate of drug-likeness (QED) is 0.532. The van der Waals surface area contributed by atoms with Gasteiger partial charge in [-0.3, -0.25) is 19.7 Å². The van der Waals surface area contributed by atoms with Crippen LogP contribution in [0.15, 0.2) is 48.7 Å². The fourth-order valence-corrected chi connectivity index (χ4v) is 3.94. The Labute approximate surface area is 184 Å². The zero-order valence-electron chi connectivity index (χ0n) is 16.9. The minimum atomic E-state index is -1.05. The average Bonchev–Trinajstić information content (AvgIpc) is 3.08. The number of hydrogen-bond donors (Lipinski definition) is 3. The Bertz CT molecular complexity index is 1190. The van der Waals surface area contributed by atoms with E-state index in [9.17, 15) is 19.5 Å². The molecule has 0 unspecified atom stereocenters. The Morgan fingerprint density at radius 2 is 1.90 bits per heavy atom. The van der Waals surface area contributed by atoms with Gasteiger partial charge in [-0.2, -0.15) is 0 Å². The van der Waals surface area contributed by atoms with Crippen LogP contribution in [0.4, 0.5) is 0 Å². The fourth-order valence-electron chi connectivity index (χ4n) is 3.81. The van der Waals surface area contributed by atoms with Crippen LogP contribution >= 0.6 is 11.6 Å². The third kappa shape index (κ3) is 4.14. The average molecular weight is 440 g/mol. The number of piperidine rings is 1. The summed E-state index contributed by atoms with van der Waals surface area (Å²) in [5, 5.41) is 17.9. The summed E-state index contributed by atoms with van der Waals surface area (Å²) in [6.07, 6.45) is 2.47. The molecule has 2 heterocycles. The first kappa shape index (κ1) is 20.9. The summed E-state index contributed by atoms with van der Waals surface area (Å²) in [5.74, 6) is -0.886. The van der Waals surface area contributed by atoms with Crippen LogP contribution in [0.3, 0.4) is 0 Å². The van der Waals surface area contributed by atoms with Gasteiger partial charge in [0.05, 0.1) is 6.42 Å². The van der Waals surface area contributed by atoms with Crippen LogP contribution in [-0.4, -0.2) is 27.4 Å². The van der Waals surface area contributed by atoms with Gasteiger partial charge < -0.3 is 15.0 Å². The lowest BCUT2D eigenvalue weighted by Crippen LogP contribution is -2.52. The van der Waals surface area contributed by atoms with Crippen molar-refractivity contribution >= 4 is 40.1 Å². The SMILES string of the molecule is C[C@]1(n2cc3cc(CNC(=O)Cc4ccc(Cl)cc4)ccc3c2O)CCC(=O)NC1=O. The molecule has 160 valence electrons. The van der Waals surface area contributed by atoms with Gasteiger partial charge in [-0.15, -0.1) is 0 Å². The first-order valence-electron chi connectivity index (χ1n) is 9.95. The summed E-state index contributed by atoms with van der Waals surface area (Å²) in [6, 6.07) is 12.6. The zero-order chi connectivity index (χ0) is 22.2. The largest absolute Gasteiger partial charge is 0.494 e. The summed E-state index contributed by atoms with van der Waals surface area (Å²) in [7, 11) is 0. The molecule has 1 saturated heterocycles. The number of carbonyl (C=O) groups is 3. The summed E-state index contributed by atoms with van der Waals surface area (Å²) < 4.78 is 1.52. The number of amides is 3. The first-order chi connectivity index (χ1) is 14.8. The molecule has 7 nitrogen and oxygen atoms in total. The van der Waals surface area contributed by atoms with E-state index in [0.717, 1.165) is 16.5 Å². The maximum Gasteiger partial charge on any atom is 0.252 e. The molecule has 31 heavy (non-hydrogen) atoms. The molecule has 1 atom stereocenters. The summed E-state index contributed by atoms with van der Waals surface area (Å²) >= 11 is 5.87. The van der Waals surface area contributed by atoms with E-state index in [2.05, 4.69) is 10.6 Å². The lowest BCUT2D eigenvalue weighted by molar-refractivity contribution is -0.140. The molecule has 3 aromatic rings. The van der Waals surface area contributed by atoms with Crippen LogP contribution in [0.1, 0.15) is 30.9 Å². The number of nitrogens with one attached hydrogen (secondary N) is 2. The second-order valence-electron chi connectivity index (χ2n) is 7.98. The third-order valence-corrected chi connectivity index (χ3v) is 5.99. The topological polar surface area (TPSA) is 100 Å². The van der Waals surface area contributed by atoms with Crippen molar-refractivity contribution in [2.45, 2.75) is 38.3 Å². The number of halogens is 1. The van der Waals surface area contributed by atoms with Gasteiger partial charge in [0, 0.05) is 35.0 Å². The van der Waals surface area contributed by atoms with Crippen molar-refractivity contribution in [3.8, 4) is 5.88 Å². The third-order valence-electron chi connectivity index (χ3n) is 5.73. The highest BCUT2D eigenvalue weighted by molar-refractivity contribution is 6.30. The monoisotopic (exact) mass is 439 g/mol. The number of nitrogens with zero attached hydrogens (tertiary/aromatic N) is 1. The number of rotatable bonds is 5. The minimum absolute atomic E-state index is 0.0275. The maximum atomic E-state index is 12.5. The van der Waals surface area contributed by atoms with E-state index in [4.69, 9.17) is 11.6 Å². The molecular formula is C23H22ClN3O4. The molecule has 0 aliphatic carbocycles. The Morgan fingerprint density at radius 1 is 1.19 bits per heavy atom. The molecule has 1 aromatic heterocycles. The Kier molecular flexibility index (Phi) is 5.45. The van der Waals surface area contributed by atoms with E-state index in [1.54, 1.807) is 31.3 Å². The van der Waals surface area contributed by atoms with Crippen molar-refractivity contribution < 1.29 is 19.5 Å². The van der Waals surface area contributed by atoms with Gasteiger partial charge >= 0.3 is 0 Å². The van der Waals surface area contributed by atoms with Crippen molar-refractivity contribution in [1.82, 2.24) is 15.2 Å². The van der Waals surface area contributed by atoms with Gasteiger partial charge in [0.25, 0.3) is 5.91 Å². The van der Waals surface area contributed by atoms with Crippen molar-refractivity contribution in [1.29, 1.82) is 0 Å². The lowest BCUT2D eigenvalue weighted by Gasteiger charge is -2.33. The Hall–Kier alpha value is -3.32. The molecule has 1 fully saturated rings. The number of aromatic hydroxyl groups is 1. The molecular weight excluding hydrogens is 418 g/mol. The van der Waals surface area contributed by atoms with Crippen molar-refractivity contribution in [3.05, 3.63) is 64.8 Å². The molecule has 0 spiro atoms. The number of hydrogen-bond acceptors (Lipinski definition) is 4. The highest BCUT2D eigenvalue weighted by Gasteiger charge is 2.41. The Balaban J connectivity index is 1.49. The van der Waals surface area contributed by atoms with E-state index in [0.29, 0.717) is 23.4 Å². The smallest absolute Gasteiger partial charge is 0.252 e. The molecule has 1 aliphatic rings. The van der Waals surface area contributed by atoms with E-state index >= 15 is 0 Å². The minimum Gasteiger partial charge on any atom is -0.494 e. The molecule has 1 aliphatic heterocycles. The van der Waals surface area contributed by atoms with Gasteiger partial charge in [0.1, 0.15) is 5.54 Å². The fraction of sp³-hybridized carbons (Fsp3) is 0.261. The highest BCUT2D eigenvalue weighted by atomic mass is 35.5. The van der Waals surface area contributed by atoms with Crippen molar-refractivity contribution in [2.75, 3.05) is 0 Å². The van der Waals surface area contributed by atoms with E-state index in [1.165, 1.54) is 4.57 Å². The van der Waals surface area contributed by atoms with Gasteiger partial charge in [0.2, 0.25) is 11.8 Å². The van der Waals surface area contributed by atoms with Crippen LogP contribution in [0, 0.1) is 0 Å². The number of carbonyl (C=O) groups excluding carboxylic acids is 3. The van der Waals surface area contributed by atoms with Crippen molar-refractivity contribution in [3.63, 3.8) is 0 Å². The number of imide groups is 1. The van der Waals surface area contributed by atoms with E-state index in [-0.39, 0.29) is 30.5 Å². The number of benzene rings is 2. The van der Waals surface area contributed by atoms with Crippen LogP contribution in [0.2, 0.25) is 5.02 Å². The molecule has 4 rings (SSSR count). The molecule has 3 N–H and O–H groups in total. The van der Waals surface area contributed by atoms with Crippen LogP contribution in [-0.2, 0) is 32.9 Å². The van der Waals surface area contributed by atoms with Gasteiger partial charge in [-0.05, 0) is 48.7 Å². The molecule has 8 heteroatoms. The van der Waals surface area contributed by atoms with E-state index in [1.807, 2.05) is 24.3 Å². The van der Waals surface area contributed by atoms with Gasteiger partial charge in [0.15, 0.2) is 5.88 Å². The maximum absolute atomic E-state index is 12.5. The van der Waals surface area contributed by atoms with Crippen LogP contribution in [0.5, 0.6) is 5.88 Å². The standard InChI is InChI=1S/C23H22ClN3O4/c1-23(9-8-19(28)26-22(23)31)27-13-16-10-15(4-7-18(16)21(27)30)12-25-20(29)11-14-2-5-17(24)6-3-14/h2-7,10,13,30H,8-9,11-12H2,1H3,(H,25,29)(H,26,28,31)/t23-/m0/s1. The highest BCUT2D eigenvalue weighted by Crippen LogP contribution is 2.36. The lowest BCUT2D eigenvalue weighted by atomic mass is 9.90. The second-order valence-corrected chi connectivity index (χ2v) is 8.41. The predicted molar refractivity (Wildman–Crippen MR) is 117 cm³/mol. The van der Waals surface area contributed by atoms with Crippen LogP contribution in [0.25, 0.3) is 10.8 Å². The normalized spacial score (nSPS) is 18.8. The summed E-state index contributed by atoms with van der Waals surface area (Å²) in [4.78, 5) is 36.2. The summed E-state index contributed by atoms with van der Waals surface area (Å²) in [5.41, 5.74) is 0.684. The van der Waals surface area contributed by atoms with Gasteiger partial charge in [-0.1, -0.05) is 29.8 Å². The molecule has 3 amide bonds. The number of aromatic nitrogens is 1. The second kappa shape index (κ2) is 8.07. The van der Waals surface area contributed by atoms with Crippen LogP contribution < -0.4 is 10.6 Å². The van der Waals surface area contributed by atoms with Gasteiger partial charge in [-0.25, -0.2) is 0 Å². The molecule has 0 saturated carbocycles. The predicted octanol–water partition coefficient (Wildman–Crippen LogP) is 3.01. The Morgan fingerprint density at radius 3 is 2.61 bits per heavy atom. The first-order valence-corrected chi connectivity index (χ1v) is 10.3. The molecule has 0 bridgehead atoms. The van der Waals surface area contributed by atoms with Crippen molar-refractivity contribution in [2.24, 2.45) is 0 Å².